The van der Waals surface area contributed by atoms with Crippen LogP contribution in [0, 0.1) is 6.92 Å². The Labute approximate surface area is 123 Å². The number of rotatable bonds is 0. The molecule has 2 N–H and O–H groups in total. The number of benzene rings is 3. The van der Waals surface area contributed by atoms with E-state index in [4.69, 9.17) is 0 Å². The van der Waals surface area contributed by atoms with Crippen molar-refractivity contribution in [2.45, 2.75) is 19.1 Å². The quantitative estimate of drug-likeness (QED) is 0.614. The standard InChI is InChI=1S/C19H16O2/c1-11-8-17-14(6-7-18(20)19(17)21)16-10-13-5-3-2-4-12(13)9-15(11)16/h2-10,18-21H,1H3. The molecule has 0 amide bonds. The van der Waals surface area contributed by atoms with E-state index >= 15 is 0 Å². The summed E-state index contributed by atoms with van der Waals surface area (Å²) in [5.74, 6) is 0. The highest BCUT2D eigenvalue weighted by molar-refractivity contribution is 6.04. The smallest absolute Gasteiger partial charge is 0.109 e. The van der Waals surface area contributed by atoms with Crippen LogP contribution in [0.1, 0.15) is 22.8 Å². The highest BCUT2D eigenvalue weighted by Crippen LogP contribution is 2.37. The van der Waals surface area contributed by atoms with Gasteiger partial charge in [0.2, 0.25) is 0 Å². The molecule has 2 unspecified atom stereocenters. The van der Waals surface area contributed by atoms with E-state index in [0.29, 0.717) is 0 Å². The number of hydrogen-bond donors (Lipinski definition) is 2. The van der Waals surface area contributed by atoms with Gasteiger partial charge in [-0.05, 0) is 57.3 Å². The van der Waals surface area contributed by atoms with Crippen LogP contribution in [0.3, 0.4) is 0 Å². The minimum Gasteiger partial charge on any atom is -0.386 e. The van der Waals surface area contributed by atoms with Crippen molar-refractivity contribution in [2.75, 3.05) is 0 Å². The van der Waals surface area contributed by atoms with E-state index in [0.717, 1.165) is 22.1 Å². The van der Waals surface area contributed by atoms with Crippen molar-refractivity contribution in [2.24, 2.45) is 0 Å². The number of aliphatic hydroxyl groups is 2. The molecule has 0 radical (unpaired) electrons. The molecule has 0 fully saturated rings. The number of aliphatic hydroxyl groups excluding tert-OH is 2. The van der Waals surface area contributed by atoms with Crippen LogP contribution in [0.15, 0.2) is 48.5 Å². The minimum absolute atomic E-state index is 0.810. The van der Waals surface area contributed by atoms with E-state index in [-0.39, 0.29) is 0 Å². The van der Waals surface area contributed by atoms with Crippen LogP contribution in [0.25, 0.3) is 27.6 Å². The van der Waals surface area contributed by atoms with Gasteiger partial charge in [0, 0.05) is 0 Å². The summed E-state index contributed by atoms with van der Waals surface area (Å²) in [7, 11) is 0. The normalized spacial score (nSPS) is 20.9. The van der Waals surface area contributed by atoms with Crippen molar-refractivity contribution in [3.63, 3.8) is 0 Å². The van der Waals surface area contributed by atoms with Gasteiger partial charge >= 0.3 is 0 Å². The van der Waals surface area contributed by atoms with Gasteiger partial charge in [0.25, 0.3) is 0 Å². The van der Waals surface area contributed by atoms with Crippen LogP contribution in [-0.4, -0.2) is 16.3 Å². The number of hydrogen-bond acceptors (Lipinski definition) is 2. The molecule has 0 aromatic heterocycles. The summed E-state index contributed by atoms with van der Waals surface area (Å²) in [5.41, 5.74) is 2.94. The van der Waals surface area contributed by atoms with Crippen LogP contribution in [-0.2, 0) is 0 Å². The summed E-state index contributed by atoms with van der Waals surface area (Å²) in [6, 6.07) is 14.6. The van der Waals surface area contributed by atoms with Crippen LogP contribution in [0.4, 0.5) is 0 Å². The second-order valence-corrected chi connectivity index (χ2v) is 5.74. The van der Waals surface area contributed by atoms with Crippen molar-refractivity contribution >= 4 is 27.6 Å². The third-order valence-corrected chi connectivity index (χ3v) is 4.39. The fraction of sp³-hybridized carbons (Fsp3) is 0.158. The molecule has 1 aliphatic carbocycles. The molecule has 0 saturated carbocycles. The van der Waals surface area contributed by atoms with Crippen LogP contribution < -0.4 is 0 Å². The molecule has 1 aliphatic rings. The lowest BCUT2D eigenvalue weighted by atomic mass is 9.86. The Hall–Kier alpha value is -2.16. The van der Waals surface area contributed by atoms with Gasteiger partial charge in [-0.15, -0.1) is 0 Å². The molecule has 0 spiro atoms. The highest BCUT2D eigenvalue weighted by atomic mass is 16.3. The molecule has 2 heteroatoms. The maximum absolute atomic E-state index is 10.2. The summed E-state index contributed by atoms with van der Waals surface area (Å²) in [6.45, 7) is 2.05. The molecule has 4 rings (SSSR count). The predicted octanol–water partition coefficient (Wildman–Crippen LogP) is 3.72. The first-order valence-corrected chi connectivity index (χ1v) is 7.15. The van der Waals surface area contributed by atoms with Gasteiger partial charge in [0.05, 0.1) is 0 Å². The maximum atomic E-state index is 10.2. The first-order valence-electron chi connectivity index (χ1n) is 7.15. The van der Waals surface area contributed by atoms with Crippen molar-refractivity contribution in [3.8, 4) is 0 Å². The lowest BCUT2D eigenvalue weighted by Gasteiger charge is -2.24. The molecule has 3 aromatic rings. The molecule has 0 saturated heterocycles. The van der Waals surface area contributed by atoms with Crippen molar-refractivity contribution in [1.29, 1.82) is 0 Å². The molecular weight excluding hydrogens is 260 g/mol. The number of fused-ring (bicyclic) bond motifs is 4. The van der Waals surface area contributed by atoms with Crippen LogP contribution in [0.5, 0.6) is 0 Å². The van der Waals surface area contributed by atoms with Gasteiger partial charge in [-0.25, -0.2) is 0 Å². The Kier molecular flexibility index (Phi) is 2.64. The Morgan fingerprint density at radius 2 is 1.57 bits per heavy atom. The summed E-state index contributed by atoms with van der Waals surface area (Å²) in [5, 5.41) is 24.8. The van der Waals surface area contributed by atoms with Gasteiger partial charge in [-0.1, -0.05) is 42.5 Å². The topological polar surface area (TPSA) is 40.5 Å². The summed E-state index contributed by atoms with van der Waals surface area (Å²) in [6.07, 6.45) is 1.91. The molecule has 2 atom stereocenters. The van der Waals surface area contributed by atoms with E-state index in [1.54, 1.807) is 6.08 Å². The first-order chi connectivity index (χ1) is 10.1. The van der Waals surface area contributed by atoms with E-state index in [2.05, 4.69) is 31.2 Å². The highest BCUT2D eigenvalue weighted by Gasteiger charge is 2.24. The molecule has 0 aliphatic heterocycles. The third kappa shape index (κ3) is 1.80. The fourth-order valence-electron chi connectivity index (χ4n) is 3.25. The Morgan fingerprint density at radius 3 is 2.29 bits per heavy atom. The van der Waals surface area contributed by atoms with E-state index < -0.39 is 12.2 Å². The predicted molar refractivity (Wildman–Crippen MR) is 86.2 cm³/mol. The van der Waals surface area contributed by atoms with Gasteiger partial charge in [0.1, 0.15) is 12.2 Å². The van der Waals surface area contributed by atoms with Gasteiger partial charge in [-0.2, -0.15) is 0 Å². The third-order valence-electron chi connectivity index (χ3n) is 4.39. The average molecular weight is 276 g/mol. The Balaban J connectivity index is 2.15. The van der Waals surface area contributed by atoms with Crippen molar-refractivity contribution in [1.82, 2.24) is 0 Å². The lowest BCUT2D eigenvalue weighted by molar-refractivity contribution is 0.0471. The molecule has 104 valence electrons. The first kappa shape index (κ1) is 12.6. The van der Waals surface area contributed by atoms with E-state index in [1.807, 2.05) is 24.3 Å². The van der Waals surface area contributed by atoms with Gasteiger partial charge < -0.3 is 10.2 Å². The average Bonchev–Trinajstić information content (AvgIpc) is 2.50. The van der Waals surface area contributed by atoms with E-state index in [9.17, 15) is 10.2 Å². The van der Waals surface area contributed by atoms with Crippen LogP contribution >= 0.6 is 0 Å². The second-order valence-electron chi connectivity index (χ2n) is 5.74. The molecule has 0 bridgehead atoms. The SMILES string of the molecule is Cc1cc2c(c3cc4ccccc4cc13)C=CC(O)C2O. The Bertz CT molecular complexity index is 893. The monoisotopic (exact) mass is 276 g/mol. The van der Waals surface area contributed by atoms with Gasteiger partial charge in [0.15, 0.2) is 0 Å². The Morgan fingerprint density at radius 1 is 0.905 bits per heavy atom. The summed E-state index contributed by atoms with van der Waals surface area (Å²) < 4.78 is 0. The summed E-state index contributed by atoms with van der Waals surface area (Å²) >= 11 is 0. The maximum Gasteiger partial charge on any atom is 0.109 e. The van der Waals surface area contributed by atoms with Crippen LogP contribution in [0.2, 0.25) is 0 Å². The van der Waals surface area contributed by atoms with Gasteiger partial charge in [-0.3, -0.25) is 0 Å². The minimum atomic E-state index is -0.848. The van der Waals surface area contributed by atoms with E-state index in [1.165, 1.54) is 16.2 Å². The molecule has 21 heavy (non-hydrogen) atoms. The fourth-order valence-corrected chi connectivity index (χ4v) is 3.25. The van der Waals surface area contributed by atoms with Crippen molar-refractivity contribution < 1.29 is 10.2 Å². The number of aryl methyl sites for hydroxylation is 1. The molecular formula is C19H16O2. The molecule has 3 aromatic carbocycles. The lowest BCUT2D eigenvalue weighted by Crippen LogP contribution is -2.19. The second kappa shape index (κ2) is 4.42. The zero-order valence-electron chi connectivity index (χ0n) is 11.7. The zero-order valence-corrected chi connectivity index (χ0v) is 11.7. The largest absolute Gasteiger partial charge is 0.386 e. The summed E-state index contributed by atoms with van der Waals surface area (Å²) in [4.78, 5) is 0. The zero-order chi connectivity index (χ0) is 14.6. The molecule has 0 heterocycles. The van der Waals surface area contributed by atoms with Crippen molar-refractivity contribution in [3.05, 3.63) is 65.2 Å². The molecule has 2 nitrogen and oxygen atoms in total.